The number of pyridine rings is 1. The zero-order valence-corrected chi connectivity index (χ0v) is 17.3. The van der Waals surface area contributed by atoms with Crippen LogP contribution in [0.25, 0.3) is 0 Å². The molecule has 4 rings (SSSR count). The van der Waals surface area contributed by atoms with E-state index in [2.05, 4.69) is 63.5 Å². The Balaban J connectivity index is 1.22. The third kappa shape index (κ3) is 5.26. The van der Waals surface area contributed by atoms with Crippen LogP contribution in [-0.4, -0.2) is 67.1 Å². The van der Waals surface area contributed by atoms with Crippen molar-refractivity contribution in [3.8, 4) is 0 Å². The van der Waals surface area contributed by atoms with E-state index in [1.165, 1.54) is 5.56 Å². The van der Waals surface area contributed by atoms with Gasteiger partial charge >= 0.3 is 6.03 Å². The van der Waals surface area contributed by atoms with Gasteiger partial charge in [-0.2, -0.15) is 0 Å². The zero-order chi connectivity index (χ0) is 20.1. The highest BCUT2D eigenvalue weighted by Crippen LogP contribution is 2.21. The molecule has 0 saturated carbocycles. The molecule has 2 aromatic rings. The molecular formula is C23H31N5O. The first kappa shape index (κ1) is 19.7. The van der Waals surface area contributed by atoms with Crippen molar-refractivity contribution >= 4 is 11.8 Å². The van der Waals surface area contributed by atoms with E-state index in [4.69, 9.17) is 0 Å². The summed E-state index contributed by atoms with van der Waals surface area (Å²) in [6.07, 6.45) is 4.00. The highest BCUT2D eigenvalue weighted by molar-refractivity contribution is 5.74. The summed E-state index contributed by atoms with van der Waals surface area (Å²) in [6, 6.07) is 14.7. The number of rotatable bonds is 5. The smallest absolute Gasteiger partial charge is 0.317 e. The van der Waals surface area contributed by atoms with Crippen LogP contribution in [0.2, 0.25) is 0 Å². The third-order valence-corrected chi connectivity index (χ3v) is 6.02. The Morgan fingerprint density at radius 1 is 1.03 bits per heavy atom. The highest BCUT2D eigenvalue weighted by atomic mass is 16.2. The number of benzene rings is 1. The molecular weight excluding hydrogens is 362 g/mol. The zero-order valence-electron chi connectivity index (χ0n) is 17.3. The van der Waals surface area contributed by atoms with Gasteiger partial charge in [0.1, 0.15) is 5.82 Å². The van der Waals surface area contributed by atoms with Crippen molar-refractivity contribution in [2.24, 2.45) is 5.92 Å². The number of carbonyl (C=O) groups is 1. The van der Waals surface area contributed by atoms with Gasteiger partial charge < -0.3 is 20.0 Å². The molecule has 0 aliphatic carbocycles. The van der Waals surface area contributed by atoms with Gasteiger partial charge in [0.25, 0.3) is 0 Å². The second-order valence-corrected chi connectivity index (χ2v) is 8.26. The van der Waals surface area contributed by atoms with E-state index >= 15 is 0 Å². The minimum absolute atomic E-state index is 0.0312. The predicted molar refractivity (Wildman–Crippen MR) is 116 cm³/mol. The summed E-state index contributed by atoms with van der Waals surface area (Å²) in [5, 5.41) is 3.06. The van der Waals surface area contributed by atoms with Crippen LogP contribution in [0, 0.1) is 5.92 Å². The number of amides is 2. The number of anilines is 1. The van der Waals surface area contributed by atoms with Gasteiger partial charge in [-0.25, -0.2) is 9.78 Å². The van der Waals surface area contributed by atoms with Crippen molar-refractivity contribution < 1.29 is 4.79 Å². The number of nitrogens with one attached hydrogen (secondary N) is 1. The second kappa shape index (κ2) is 9.27. The molecule has 2 saturated heterocycles. The first-order chi connectivity index (χ1) is 14.2. The molecule has 0 radical (unpaired) electrons. The third-order valence-electron chi connectivity index (χ3n) is 6.02. The fraction of sp³-hybridized carbons (Fsp3) is 0.478. The molecule has 2 aliphatic rings. The van der Waals surface area contributed by atoms with Crippen LogP contribution in [0.1, 0.15) is 17.5 Å². The van der Waals surface area contributed by atoms with E-state index in [9.17, 15) is 4.79 Å². The van der Waals surface area contributed by atoms with Crippen molar-refractivity contribution in [3.63, 3.8) is 0 Å². The van der Waals surface area contributed by atoms with Gasteiger partial charge in [-0.1, -0.05) is 36.4 Å². The molecule has 2 fully saturated rings. The van der Waals surface area contributed by atoms with Gasteiger partial charge in [0.2, 0.25) is 0 Å². The summed E-state index contributed by atoms with van der Waals surface area (Å²) >= 11 is 0. The monoisotopic (exact) mass is 393 g/mol. The maximum atomic E-state index is 12.5. The molecule has 1 aromatic carbocycles. The lowest BCUT2D eigenvalue weighted by atomic mass is 9.99. The van der Waals surface area contributed by atoms with Gasteiger partial charge in [0.05, 0.1) is 0 Å². The van der Waals surface area contributed by atoms with Gasteiger partial charge in [-0.15, -0.1) is 0 Å². The summed E-state index contributed by atoms with van der Waals surface area (Å²) in [4.78, 5) is 23.7. The molecule has 154 valence electrons. The van der Waals surface area contributed by atoms with Crippen molar-refractivity contribution in [2.75, 3.05) is 51.2 Å². The van der Waals surface area contributed by atoms with Crippen LogP contribution in [0.4, 0.5) is 10.6 Å². The lowest BCUT2D eigenvalue weighted by molar-refractivity contribution is 0.206. The SMILES string of the molecule is CN1CCN(c2ccc(CNC(=O)N3CCC(Cc4ccccc4)C3)cn2)CC1. The topological polar surface area (TPSA) is 51.7 Å². The average molecular weight is 394 g/mol. The number of likely N-dealkylation sites (N-methyl/N-ethyl adjacent to an activating group) is 1. The molecule has 29 heavy (non-hydrogen) atoms. The van der Waals surface area contributed by atoms with Crippen LogP contribution in [0.15, 0.2) is 48.7 Å². The molecule has 1 unspecified atom stereocenters. The molecule has 6 heteroatoms. The molecule has 1 aromatic heterocycles. The fourth-order valence-corrected chi connectivity index (χ4v) is 4.16. The standard InChI is InChI=1S/C23H31N5O/c1-26-11-13-27(14-12-26)22-8-7-21(16-24-22)17-25-23(29)28-10-9-20(18-28)15-19-5-3-2-4-6-19/h2-8,16,20H,9-15,17-18H2,1H3,(H,25,29). The molecule has 1 N–H and O–H groups in total. The van der Waals surface area contributed by atoms with Crippen LogP contribution in [0.3, 0.4) is 0 Å². The van der Waals surface area contributed by atoms with E-state index in [0.29, 0.717) is 12.5 Å². The van der Waals surface area contributed by atoms with E-state index in [1.807, 2.05) is 17.2 Å². The Bertz CT molecular complexity index is 787. The largest absolute Gasteiger partial charge is 0.354 e. The number of urea groups is 1. The highest BCUT2D eigenvalue weighted by Gasteiger charge is 2.26. The van der Waals surface area contributed by atoms with Crippen molar-refractivity contribution in [1.29, 1.82) is 0 Å². The fourth-order valence-electron chi connectivity index (χ4n) is 4.16. The lowest BCUT2D eigenvalue weighted by Gasteiger charge is -2.33. The summed E-state index contributed by atoms with van der Waals surface area (Å²) in [6.45, 7) is 6.36. The first-order valence-electron chi connectivity index (χ1n) is 10.6. The molecule has 3 heterocycles. The minimum Gasteiger partial charge on any atom is -0.354 e. The summed E-state index contributed by atoms with van der Waals surface area (Å²) in [5.41, 5.74) is 2.39. The molecule has 1 atom stereocenters. The van der Waals surface area contributed by atoms with Gasteiger partial charge in [0, 0.05) is 52.0 Å². The van der Waals surface area contributed by atoms with Gasteiger partial charge in [-0.3, -0.25) is 0 Å². The van der Waals surface area contributed by atoms with Crippen LogP contribution >= 0.6 is 0 Å². The van der Waals surface area contributed by atoms with Crippen molar-refractivity contribution in [3.05, 3.63) is 59.8 Å². The first-order valence-corrected chi connectivity index (χ1v) is 10.6. The Morgan fingerprint density at radius 2 is 1.83 bits per heavy atom. The quantitative estimate of drug-likeness (QED) is 0.848. The lowest BCUT2D eigenvalue weighted by Crippen LogP contribution is -2.44. The van der Waals surface area contributed by atoms with Crippen LogP contribution < -0.4 is 10.2 Å². The maximum Gasteiger partial charge on any atom is 0.317 e. The van der Waals surface area contributed by atoms with E-state index in [-0.39, 0.29) is 6.03 Å². The van der Waals surface area contributed by atoms with Crippen LogP contribution in [0.5, 0.6) is 0 Å². The molecule has 2 aliphatic heterocycles. The number of hydrogen-bond acceptors (Lipinski definition) is 4. The Morgan fingerprint density at radius 3 is 2.55 bits per heavy atom. The number of aromatic nitrogens is 1. The molecule has 6 nitrogen and oxygen atoms in total. The minimum atomic E-state index is 0.0312. The van der Waals surface area contributed by atoms with Gasteiger partial charge in [0.15, 0.2) is 0 Å². The summed E-state index contributed by atoms with van der Waals surface area (Å²) in [5.74, 6) is 1.57. The number of hydrogen-bond donors (Lipinski definition) is 1. The number of piperazine rings is 1. The average Bonchev–Trinajstić information content (AvgIpc) is 3.22. The van der Waals surface area contributed by atoms with Gasteiger partial charge in [-0.05, 0) is 43.0 Å². The number of nitrogens with zero attached hydrogens (tertiary/aromatic N) is 4. The van der Waals surface area contributed by atoms with E-state index < -0.39 is 0 Å². The number of carbonyl (C=O) groups excluding carboxylic acids is 1. The second-order valence-electron chi connectivity index (χ2n) is 8.26. The van der Waals surface area contributed by atoms with E-state index in [1.54, 1.807) is 0 Å². The number of likely N-dealkylation sites (tertiary alicyclic amines) is 1. The van der Waals surface area contributed by atoms with Crippen molar-refractivity contribution in [2.45, 2.75) is 19.4 Å². The summed E-state index contributed by atoms with van der Waals surface area (Å²) in [7, 11) is 2.15. The Labute approximate surface area is 173 Å². The van der Waals surface area contributed by atoms with Crippen LogP contribution in [-0.2, 0) is 13.0 Å². The normalized spacial score (nSPS) is 20.1. The summed E-state index contributed by atoms with van der Waals surface area (Å²) < 4.78 is 0. The Hall–Kier alpha value is -2.60. The molecule has 0 spiro atoms. The molecule has 0 bridgehead atoms. The Kier molecular flexibility index (Phi) is 6.30. The van der Waals surface area contributed by atoms with Crippen molar-refractivity contribution in [1.82, 2.24) is 20.1 Å². The predicted octanol–water partition coefficient (Wildman–Crippen LogP) is 2.61. The molecule has 2 amide bonds. The maximum absolute atomic E-state index is 12.5. The van der Waals surface area contributed by atoms with E-state index in [0.717, 1.165) is 63.5 Å².